The van der Waals surface area contributed by atoms with Crippen molar-refractivity contribution in [3.8, 4) is 5.75 Å². The van der Waals surface area contributed by atoms with Crippen LogP contribution in [0, 0.1) is 0 Å². The number of anilines is 1. The molecule has 0 radical (unpaired) electrons. The van der Waals surface area contributed by atoms with Crippen LogP contribution < -0.4 is 15.8 Å². The first-order valence-electron chi connectivity index (χ1n) is 11.6. The van der Waals surface area contributed by atoms with Gasteiger partial charge in [-0.2, -0.15) is 0 Å². The molecule has 0 atom stereocenters. The lowest BCUT2D eigenvalue weighted by atomic mass is 10.0. The van der Waals surface area contributed by atoms with E-state index in [-0.39, 0.29) is 18.2 Å². The van der Waals surface area contributed by atoms with Crippen LogP contribution in [0.2, 0.25) is 0 Å². The first kappa shape index (κ1) is 23.6. The Kier molecular flexibility index (Phi) is 6.73. The molecule has 0 spiro atoms. The summed E-state index contributed by atoms with van der Waals surface area (Å²) in [6, 6.07) is 26.5. The molecule has 4 N–H and O–H groups in total. The van der Waals surface area contributed by atoms with E-state index >= 15 is 0 Å². The molecule has 4 aromatic carbocycles. The Labute approximate surface area is 216 Å². The highest BCUT2D eigenvalue weighted by Crippen LogP contribution is 2.28. The van der Waals surface area contributed by atoms with E-state index in [9.17, 15) is 9.59 Å². The molecule has 1 aromatic heterocycles. The highest BCUT2D eigenvalue weighted by atomic mass is 79.9. The Hall–Kier alpha value is -4.10. The second-order valence-electron chi connectivity index (χ2n) is 8.48. The molecule has 6 nitrogen and oxygen atoms in total. The Morgan fingerprint density at radius 1 is 0.889 bits per heavy atom. The molecule has 5 aromatic rings. The number of ether oxygens (including phenoxy) is 1. The van der Waals surface area contributed by atoms with Gasteiger partial charge in [0.15, 0.2) is 5.78 Å². The van der Waals surface area contributed by atoms with Gasteiger partial charge >= 0.3 is 0 Å². The van der Waals surface area contributed by atoms with Gasteiger partial charge in [0.1, 0.15) is 5.75 Å². The van der Waals surface area contributed by atoms with Gasteiger partial charge in [-0.25, -0.2) is 0 Å². The van der Waals surface area contributed by atoms with Gasteiger partial charge in [0.2, 0.25) is 0 Å². The molecule has 0 unspecified atom stereocenters. The first-order valence-corrected chi connectivity index (χ1v) is 12.4. The van der Waals surface area contributed by atoms with E-state index in [0.29, 0.717) is 29.8 Å². The van der Waals surface area contributed by atoms with Gasteiger partial charge in [-0.3, -0.25) is 9.59 Å². The van der Waals surface area contributed by atoms with E-state index in [1.807, 2.05) is 36.4 Å². The van der Waals surface area contributed by atoms with Gasteiger partial charge in [-0.1, -0.05) is 42.5 Å². The van der Waals surface area contributed by atoms with Gasteiger partial charge in [0, 0.05) is 50.1 Å². The molecule has 1 heterocycles. The zero-order valence-corrected chi connectivity index (χ0v) is 21.0. The highest BCUT2D eigenvalue weighted by Gasteiger charge is 2.14. The molecule has 0 aliphatic rings. The minimum Gasteiger partial charge on any atom is -0.493 e. The van der Waals surface area contributed by atoms with Gasteiger partial charge in [0.05, 0.1) is 18.7 Å². The average molecular weight is 542 g/mol. The smallest absolute Gasteiger partial charge is 0.251 e. The number of benzene rings is 4. The number of fused-ring (bicyclic) bond motifs is 3. The monoisotopic (exact) mass is 541 g/mol. The number of nitrogens with two attached hydrogens (primary N) is 1. The molecule has 0 saturated carbocycles. The fraction of sp³-hybridized carbons (Fsp3) is 0.103. The summed E-state index contributed by atoms with van der Waals surface area (Å²) >= 11 is 3.31. The Bertz CT molecular complexity index is 1590. The van der Waals surface area contributed by atoms with Crippen molar-refractivity contribution in [3.63, 3.8) is 0 Å². The van der Waals surface area contributed by atoms with E-state index < -0.39 is 0 Å². The number of hydrogen-bond donors (Lipinski definition) is 3. The molecule has 0 fully saturated rings. The quantitative estimate of drug-likeness (QED) is 0.168. The Morgan fingerprint density at radius 3 is 2.53 bits per heavy atom. The number of carbonyl (C=O) groups is 2. The van der Waals surface area contributed by atoms with E-state index in [2.05, 4.69) is 44.4 Å². The molecule has 0 aliphatic carbocycles. The zero-order chi connectivity index (χ0) is 25.1. The van der Waals surface area contributed by atoms with Crippen LogP contribution in [-0.4, -0.2) is 29.8 Å². The van der Waals surface area contributed by atoms with Crippen LogP contribution in [0.4, 0.5) is 5.69 Å². The SMILES string of the molecule is Nc1cc(C(=O)CNC(=O)c2ccccc2CCOc2ccc3c(c2)[nH]c2ccccc23)ccc1Br. The lowest BCUT2D eigenvalue weighted by molar-refractivity contribution is 0.0903. The third-order valence-electron chi connectivity index (χ3n) is 6.11. The van der Waals surface area contributed by atoms with Crippen molar-refractivity contribution in [3.05, 3.63) is 106 Å². The van der Waals surface area contributed by atoms with E-state index in [4.69, 9.17) is 10.5 Å². The van der Waals surface area contributed by atoms with Crippen LogP contribution in [0.15, 0.2) is 89.4 Å². The topological polar surface area (TPSA) is 97.2 Å². The Balaban J connectivity index is 1.21. The summed E-state index contributed by atoms with van der Waals surface area (Å²) in [7, 11) is 0. The van der Waals surface area contributed by atoms with Crippen LogP contribution in [0.3, 0.4) is 0 Å². The van der Waals surface area contributed by atoms with E-state index in [1.165, 1.54) is 5.39 Å². The molecule has 36 heavy (non-hydrogen) atoms. The van der Waals surface area contributed by atoms with Crippen LogP contribution in [0.25, 0.3) is 21.8 Å². The Morgan fingerprint density at radius 2 is 1.67 bits per heavy atom. The summed E-state index contributed by atoms with van der Waals surface area (Å²) in [5.41, 5.74) is 10.3. The van der Waals surface area contributed by atoms with Gasteiger partial charge in [0.25, 0.3) is 5.91 Å². The van der Waals surface area contributed by atoms with Crippen LogP contribution in [0.5, 0.6) is 5.75 Å². The zero-order valence-electron chi connectivity index (χ0n) is 19.4. The number of nitrogen functional groups attached to an aromatic ring is 1. The lowest BCUT2D eigenvalue weighted by Gasteiger charge is -2.11. The summed E-state index contributed by atoms with van der Waals surface area (Å²) in [5.74, 6) is 0.245. The van der Waals surface area contributed by atoms with Crippen molar-refractivity contribution >= 4 is 55.1 Å². The number of carbonyl (C=O) groups excluding carboxylic acids is 2. The summed E-state index contributed by atoms with van der Waals surface area (Å²) in [5, 5.41) is 5.06. The van der Waals surface area contributed by atoms with Gasteiger partial charge in [-0.05, 0) is 57.9 Å². The van der Waals surface area contributed by atoms with Crippen LogP contribution >= 0.6 is 15.9 Å². The molecule has 5 rings (SSSR count). The number of amides is 1. The maximum absolute atomic E-state index is 12.8. The average Bonchev–Trinajstić information content (AvgIpc) is 3.27. The fourth-order valence-electron chi connectivity index (χ4n) is 4.24. The minimum atomic E-state index is -0.302. The number of aromatic nitrogens is 1. The second-order valence-corrected chi connectivity index (χ2v) is 9.33. The van der Waals surface area contributed by atoms with Crippen LogP contribution in [0.1, 0.15) is 26.3 Å². The summed E-state index contributed by atoms with van der Waals surface area (Å²) in [6.45, 7) is 0.294. The third kappa shape index (κ3) is 4.97. The molecule has 0 aliphatic heterocycles. The molecule has 0 saturated heterocycles. The molecule has 1 amide bonds. The van der Waals surface area contributed by atoms with Gasteiger partial charge < -0.3 is 20.8 Å². The van der Waals surface area contributed by atoms with E-state index in [1.54, 1.807) is 30.3 Å². The lowest BCUT2D eigenvalue weighted by Crippen LogP contribution is -2.30. The standard InChI is InChI=1S/C29H24BrN3O3/c30-24-12-9-19(15-25(24)31)28(34)17-32-29(35)21-6-2-1-5-18(21)13-14-36-20-10-11-23-22-7-3-4-8-26(22)33-27(23)16-20/h1-12,15-16,33H,13-14,17,31H2,(H,32,35). The number of hydrogen-bond acceptors (Lipinski definition) is 4. The van der Waals surface area contributed by atoms with Crippen molar-refractivity contribution in [2.24, 2.45) is 0 Å². The number of rotatable bonds is 8. The predicted molar refractivity (Wildman–Crippen MR) is 147 cm³/mol. The molecular formula is C29H24BrN3O3. The van der Waals surface area contributed by atoms with Gasteiger partial charge in [-0.15, -0.1) is 0 Å². The van der Waals surface area contributed by atoms with E-state index in [0.717, 1.165) is 32.2 Å². The number of aromatic amines is 1. The summed E-state index contributed by atoms with van der Waals surface area (Å²) in [6.07, 6.45) is 0.547. The third-order valence-corrected chi connectivity index (χ3v) is 6.83. The number of H-pyrrole nitrogens is 1. The maximum atomic E-state index is 12.8. The van der Waals surface area contributed by atoms with Crippen molar-refractivity contribution in [1.82, 2.24) is 10.3 Å². The van der Waals surface area contributed by atoms with Crippen molar-refractivity contribution in [2.75, 3.05) is 18.9 Å². The van der Waals surface area contributed by atoms with Crippen molar-refractivity contribution < 1.29 is 14.3 Å². The molecule has 7 heteroatoms. The largest absolute Gasteiger partial charge is 0.493 e. The number of nitrogens with one attached hydrogen (secondary N) is 2. The van der Waals surface area contributed by atoms with Crippen LogP contribution in [-0.2, 0) is 6.42 Å². The number of ketones is 1. The number of para-hydroxylation sites is 1. The molecule has 180 valence electrons. The number of halogens is 1. The fourth-order valence-corrected chi connectivity index (χ4v) is 4.48. The van der Waals surface area contributed by atoms with Crippen molar-refractivity contribution in [1.29, 1.82) is 0 Å². The molecule has 0 bridgehead atoms. The highest BCUT2D eigenvalue weighted by molar-refractivity contribution is 9.10. The van der Waals surface area contributed by atoms with Crippen molar-refractivity contribution in [2.45, 2.75) is 6.42 Å². The first-order chi connectivity index (χ1) is 17.5. The summed E-state index contributed by atoms with van der Waals surface area (Å²) in [4.78, 5) is 28.8. The minimum absolute atomic E-state index is 0.116. The summed E-state index contributed by atoms with van der Waals surface area (Å²) < 4.78 is 6.73. The maximum Gasteiger partial charge on any atom is 0.251 e. The normalized spacial score (nSPS) is 11.0. The number of Topliss-reactive ketones (excluding diaryl/α,β-unsaturated/α-hetero) is 1. The second kappa shape index (κ2) is 10.3. The predicted octanol–water partition coefficient (Wildman–Crippen LogP) is 5.90. The molecular weight excluding hydrogens is 518 g/mol.